The van der Waals surface area contributed by atoms with Crippen molar-refractivity contribution in [2.24, 2.45) is 0 Å². The van der Waals surface area contributed by atoms with Crippen molar-refractivity contribution in [2.45, 2.75) is 17.2 Å². The molecule has 0 nitrogen and oxygen atoms in total. The largest absolute Gasteiger partial charge is 0.0935 e. The number of fused-ring (bicyclic) bond motifs is 3. The molecule has 0 bridgehead atoms. The minimum absolute atomic E-state index is 0.623. The molecule has 0 saturated carbocycles. The Hall–Kier alpha value is -0.470. The van der Waals surface area contributed by atoms with Crippen LogP contribution in [0.25, 0.3) is 0 Å². The minimum atomic E-state index is 0.623. The zero-order chi connectivity index (χ0) is 9.54. The summed E-state index contributed by atoms with van der Waals surface area (Å²) in [4.78, 5) is 2.92. The third-order valence-corrected chi connectivity index (χ3v) is 4.48. The van der Waals surface area contributed by atoms with Gasteiger partial charge in [-0.2, -0.15) is 0 Å². The van der Waals surface area contributed by atoms with Gasteiger partial charge >= 0.3 is 0 Å². The SMILES string of the molecule is BrC1=CCC2C(=C1)Sc1ccccc12. The summed E-state index contributed by atoms with van der Waals surface area (Å²) in [5, 5.41) is 0. The lowest BCUT2D eigenvalue weighted by Gasteiger charge is -2.14. The van der Waals surface area contributed by atoms with Crippen LogP contribution < -0.4 is 0 Å². The summed E-state index contributed by atoms with van der Waals surface area (Å²) in [6, 6.07) is 8.72. The molecular formula is C12H9BrS. The van der Waals surface area contributed by atoms with Crippen LogP contribution in [0.2, 0.25) is 0 Å². The van der Waals surface area contributed by atoms with Crippen LogP contribution in [0.4, 0.5) is 0 Å². The molecule has 0 spiro atoms. The molecule has 0 fully saturated rings. The lowest BCUT2D eigenvalue weighted by Crippen LogP contribution is -1.97. The van der Waals surface area contributed by atoms with Gasteiger partial charge in [-0.05, 0) is 29.0 Å². The maximum Gasteiger partial charge on any atom is 0.0199 e. The molecule has 1 atom stereocenters. The predicted molar refractivity (Wildman–Crippen MR) is 64.8 cm³/mol. The van der Waals surface area contributed by atoms with Gasteiger partial charge in [0.05, 0.1) is 0 Å². The molecule has 1 aromatic rings. The third-order valence-electron chi connectivity index (χ3n) is 2.69. The fraction of sp³-hybridized carbons (Fsp3) is 0.167. The molecule has 2 aliphatic rings. The van der Waals surface area contributed by atoms with Crippen LogP contribution in [0.15, 0.2) is 50.7 Å². The molecule has 70 valence electrons. The van der Waals surface area contributed by atoms with Gasteiger partial charge < -0.3 is 0 Å². The summed E-state index contributed by atoms with van der Waals surface area (Å²) < 4.78 is 1.23. The van der Waals surface area contributed by atoms with Gasteiger partial charge in [0, 0.05) is 15.3 Å². The van der Waals surface area contributed by atoms with Crippen molar-refractivity contribution >= 4 is 27.7 Å². The lowest BCUT2D eigenvalue weighted by atomic mass is 9.93. The molecule has 0 radical (unpaired) electrons. The molecule has 2 heteroatoms. The molecule has 1 aliphatic carbocycles. The van der Waals surface area contributed by atoms with Crippen LogP contribution in [0.1, 0.15) is 17.9 Å². The smallest absolute Gasteiger partial charge is 0.0199 e. The van der Waals surface area contributed by atoms with Gasteiger partial charge in [0.1, 0.15) is 0 Å². The Kier molecular flexibility index (Phi) is 2.06. The van der Waals surface area contributed by atoms with Crippen molar-refractivity contribution in [3.63, 3.8) is 0 Å². The van der Waals surface area contributed by atoms with Crippen molar-refractivity contribution in [2.75, 3.05) is 0 Å². The molecule has 0 aromatic heterocycles. The quantitative estimate of drug-likeness (QED) is 0.668. The van der Waals surface area contributed by atoms with E-state index in [2.05, 4.69) is 52.3 Å². The summed E-state index contributed by atoms with van der Waals surface area (Å²) in [5.41, 5.74) is 1.50. The number of halogens is 1. The molecule has 0 amide bonds. The van der Waals surface area contributed by atoms with Crippen LogP contribution in [0.5, 0.6) is 0 Å². The fourth-order valence-electron chi connectivity index (χ4n) is 2.01. The van der Waals surface area contributed by atoms with E-state index in [9.17, 15) is 0 Å². The number of hydrogen-bond donors (Lipinski definition) is 0. The van der Waals surface area contributed by atoms with Gasteiger partial charge in [0.15, 0.2) is 0 Å². The Labute approximate surface area is 96.2 Å². The van der Waals surface area contributed by atoms with Crippen molar-refractivity contribution in [1.82, 2.24) is 0 Å². The average Bonchev–Trinajstić information content (AvgIpc) is 2.54. The van der Waals surface area contributed by atoms with Crippen LogP contribution >= 0.6 is 27.7 Å². The maximum atomic E-state index is 3.54. The second-order valence-electron chi connectivity index (χ2n) is 3.56. The summed E-state index contributed by atoms with van der Waals surface area (Å²) in [6.45, 7) is 0. The van der Waals surface area contributed by atoms with Gasteiger partial charge in [-0.15, -0.1) is 0 Å². The first-order valence-electron chi connectivity index (χ1n) is 4.68. The molecule has 1 aliphatic heterocycles. The van der Waals surface area contributed by atoms with Gasteiger partial charge in [-0.25, -0.2) is 0 Å². The monoisotopic (exact) mass is 264 g/mol. The molecular weight excluding hydrogens is 256 g/mol. The minimum Gasteiger partial charge on any atom is -0.0935 e. The van der Waals surface area contributed by atoms with E-state index in [1.165, 1.54) is 19.8 Å². The summed E-state index contributed by atoms with van der Waals surface area (Å²) >= 11 is 5.46. The third kappa shape index (κ3) is 1.29. The van der Waals surface area contributed by atoms with E-state index in [4.69, 9.17) is 0 Å². The van der Waals surface area contributed by atoms with Gasteiger partial charge in [-0.1, -0.05) is 52.0 Å². The van der Waals surface area contributed by atoms with Gasteiger partial charge in [0.25, 0.3) is 0 Å². The predicted octanol–water partition coefficient (Wildman–Crippen LogP) is 4.44. The number of hydrogen-bond acceptors (Lipinski definition) is 1. The zero-order valence-electron chi connectivity index (χ0n) is 7.53. The maximum absolute atomic E-state index is 3.54. The van der Waals surface area contributed by atoms with Gasteiger partial charge in [0.2, 0.25) is 0 Å². The van der Waals surface area contributed by atoms with E-state index in [1.54, 1.807) is 0 Å². The first kappa shape index (κ1) is 8.81. The summed E-state index contributed by atoms with van der Waals surface area (Å²) in [6.07, 6.45) is 5.64. The first-order valence-corrected chi connectivity index (χ1v) is 6.29. The number of rotatable bonds is 0. The fourth-order valence-corrected chi connectivity index (χ4v) is 3.88. The van der Waals surface area contributed by atoms with E-state index >= 15 is 0 Å². The van der Waals surface area contributed by atoms with E-state index in [-0.39, 0.29) is 0 Å². The zero-order valence-corrected chi connectivity index (χ0v) is 9.94. The highest BCUT2D eigenvalue weighted by Gasteiger charge is 2.28. The van der Waals surface area contributed by atoms with Crippen LogP contribution in [-0.2, 0) is 0 Å². The Morgan fingerprint density at radius 2 is 2.14 bits per heavy atom. The molecule has 1 aromatic carbocycles. The van der Waals surface area contributed by atoms with Gasteiger partial charge in [-0.3, -0.25) is 0 Å². The summed E-state index contributed by atoms with van der Waals surface area (Å²) in [7, 11) is 0. The van der Waals surface area contributed by atoms with Crippen LogP contribution in [-0.4, -0.2) is 0 Å². The number of benzene rings is 1. The second kappa shape index (κ2) is 3.28. The number of thioether (sulfide) groups is 1. The molecule has 1 heterocycles. The molecule has 0 N–H and O–H groups in total. The Bertz CT molecular complexity index is 445. The van der Waals surface area contributed by atoms with E-state index in [0.29, 0.717) is 5.92 Å². The summed E-state index contributed by atoms with van der Waals surface area (Å²) in [5.74, 6) is 0.623. The Morgan fingerprint density at radius 1 is 1.29 bits per heavy atom. The van der Waals surface area contributed by atoms with Crippen molar-refractivity contribution in [3.05, 3.63) is 51.4 Å². The van der Waals surface area contributed by atoms with E-state index < -0.39 is 0 Å². The first-order chi connectivity index (χ1) is 6.84. The lowest BCUT2D eigenvalue weighted by molar-refractivity contribution is 0.836. The molecule has 1 unspecified atom stereocenters. The van der Waals surface area contributed by atoms with Crippen molar-refractivity contribution in [1.29, 1.82) is 0 Å². The van der Waals surface area contributed by atoms with Crippen molar-refractivity contribution in [3.8, 4) is 0 Å². The van der Waals surface area contributed by atoms with Crippen LogP contribution in [0, 0.1) is 0 Å². The highest BCUT2D eigenvalue weighted by molar-refractivity contribution is 9.11. The highest BCUT2D eigenvalue weighted by Crippen LogP contribution is 2.52. The topological polar surface area (TPSA) is 0 Å². The van der Waals surface area contributed by atoms with E-state index in [1.807, 2.05) is 11.8 Å². The number of allylic oxidation sites excluding steroid dienone is 4. The molecule has 0 saturated heterocycles. The highest BCUT2D eigenvalue weighted by atomic mass is 79.9. The Balaban J connectivity index is 2.09. The average molecular weight is 265 g/mol. The normalized spacial score (nSPS) is 23.6. The molecule has 3 rings (SSSR count). The Morgan fingerprint density at radius 3 is 3.07 bits per heavy atom. The van der Waals surface area contributed by atoms with Crippen molar-refractivity contribution < 1.29 is 0 Å². The van der Waals surface area contributed by atoms with Crippen LogP contribution in [0.3, 0.4) is 0 Å². The standard InChI is InChI=1S/C12H9BrS/c13-8-5-6-10-9-3-1-2-4-11(9)14-12(10)7-8/h1-5,7,10H,6H2. The second-order valence-corrected chi connectivity index (χ2v) is 5.59. The van der Waals surface area contributed by atoms with E-state index in [0.717, 1.165) is 6.42 Å². The molecule has 14 heavy (non-hydrogen) atoms.